The summed E-state index contributed by atoms with van der Waals surface area (Å²) >= 11 is 0. The number of azide groups is 2. The second kappa shape index (κ2) is 36.3. The number of anilines is 2. The maximum Gasteiger partial charge on any atom is 0.312 e. The van der Waals surface area contributed by atoms with Crippen molar-refractivity contribution in [2.24, 2.45) is 39.3 Å². The number of esters is 2. The molecule has 0 aliphatic carbocycles. The average molecular weight is 1030 g/mol. The van der Waals surface area contributed by atoms with Crippen LogP contribution in [-0.4, -0.2) is 115 Å². The Morgan fingerprint density at radius 1 is 0.603 bits per heavy atom. The topological polar surface area (TPSA) is 469 Å². The van der Waals surface area contributed by atoms with Gasteiger partial charge in [0.25, 0.3) is 0 Å². The van der Waals surface area contributed by atoms with E-state index in [1.807, 2.05) is 13.8 Å². The van der Waals surface area contributed by atoms with E-state index in [9.17, 15) is 47.9 Å². The Labute approximate surface area is 420 Å². The zero-order valence-corrected chi connectivity index (χ0v) is 41.4. The molecule has 14 N–H and O–H groups in total. The number of benzene rings is 2. The first-order chi connectivity index (χ1) is 34.4. The van der Waals surface area contributed by atoms with Crippen molar-refractivity contribution < 1.29 is 62.5 Å². The number of primary amides is 2. The minimum Gasteiger partial charge on any atom is -0.481 e. The van der Waals surface area contributed by atoms with Crippen molar-refractivity contribution in [3.8, 4) is 0 Å². The van der Waals surface area contributed by atoms with Gasteiger partial charge in [-0.3, -0.25) is 38.4 Å². The van der Waals surface area contributed by atoms with Crippen LogP contribution in [0.5, 0.6) is 0 Å². The van der Waals surface area contributed by atoms with Crippen molar-refractivity contribution in [2.45, 2.75) is 105 Å². The van der Waals surface area contributed by atoms with E-state index in [1.54, 1.807) is 62.4 Å². The van der Waals surface area contributed by atoms with Gasteiger partial charge in [0.2, 0.25) is 29.5 Å². The number of ether oxygens (including phenoxy) is 2. The molecular weight excluding hydrogens is 961 g/mol. The van der Waals surface area contributed by atoms with E-state index >= 15 is 0 Å². The summed E-state index contributed by atoms with van der Waals surface area (Å²) in [6, 6.07) is 8.45. The fourth-order valence-electron chi connectivity index (χ4n) is 5.54. The third-order valence-electron chi connectivity index (χ3n) is 9.36. The first kappa shape index (κ1) is 64.3. The monoisotopic (exact) mass is 1030 g/mol. The molecule has 0 bridgehead atoms. The van der Waals surface area contributed by atoms with Gasteiger partial charge in [-0.2, -0.15) is 0 Å². The van der Waals surface area contributed by atoms with Gasteiger partial charge in [0.1, 0.15) is 44.4 Å². The van der Waals surface area contributed by atoms with Crippen LogP contribution in [0.1, 0.15) is 78.4 Å². The number of hydrogen-bond donors (Lipinski definition) is 11. The number of urea groups is 2. The molecule has 29 nitrogen and oxygen atoms in total. The van der Waals surface area contributed by atoms with Crippen molar-refractivity contribution in [3.63, 3.8) is 0 Å². The van der Waals surface area contributed by atoms with Crippen LogP contribution in [0.15, 0.2) is 58.8 Å². The highest BCUT2D eigenvalue weighted by Crippen LogP contribution is 2.14. The molecule has 0 aliphatic rings. The molecule has 2 rings (SSSR count). The second-order valence-electron chi connectivity index (χ2n) is 16.2. The molecule has 0 aromatic heterocycles. The summed E-state index contributed by atoms with van der Waals surface area (Å²) in [7, 11) is 0. The fraction of sp³-hybridized carbons (Fsp3) is 0.500. The van der Waals surface area contributed by atoms with Crippen molar-refractivity contribution in [1.82, 2.24) is 26.6 Å². The molecule has 2 aromatic carbocycles. The lowest BCUT2D eigenvalue weighted by atomic mass is 10.0. The third kappa shape index (κ3) is 31.2. The number of amides is 9. The summed E-state index contributed by atoms with van der Waals surface area (Å²) in [5.41, 5.74) is 34.3. The highest BCUT2D eigenvalue weighted by Gasteiger charge is 2.29. The number of aliphatic carboxylic acids is 1. The lowest BCUT2D eigenvalue weighted by molar-refractivity contribution is -0.143. The summed E-state index contributed by atoms with van der Waals surface area (Å²) in [4.78, 5) is 121. The van der Waals surface area contributed by atoms with E-state index in [0.717, 1.165) is 11.1 Å². The van der Waals surface area contributed by atoms with Gasteiger partial charge in [-0.05, 0) is 84.0 Å². The van der Waals surface area contributed by atoms with E-state index < -0.39 is 90.8 Å². The van der Waals surface area contributed by atoms with Gasteiger partial charge >= 0.3 is 30.0 Å². The molecule has 0 heterocycles. The van der Waals surface area contributed by atoms with E-state index in [0.29, 0.717) is 24.2 Å². The van der Waals surface area contributed by atoms with Crippen LogP contribution in [0.2, 0.25) is 0 Å². The molecule has 0 fully saturated rings. The van der Waals surface area contributed by atoms with Crippen LogP contribution in [0.3, 0.4) is 0 Å². The zero-order chi connectivity index (χ0) is 55.5. The van der Waals surface area contributed by atoms with E-state index in [2.05, 4.69) is 57.3 Å². The summed E-state index contributed by atoms with van der Waals surface area (Å²) in [5, 5.41) is 31.8. The van der Waals surface area contributed by atoms with Crippen LogP contribution in [0.25, 0.3) is 20.9 Å². The number of carbonyl (C=O) groups excluding carboxylic acids is 9. The number of hydrogen-bond acceptors (Lipinski definition) is 15. The van der Waals surface area contributed by atoms with Gasteiger partial charge in [0.15, 0.2) is 0 Å². The Kier molecular flexibility index (Phi) is 32.0. The van der Waals surface area contributed by atoms with Gasteiger partial charge in [0.05, 0.1) is 6.04 Å². The summed E-state index contributed by atoms with van der Waals surface area (Å²) in [6.07, 6.45) is 1.21. The molecule has 0 aliphatic heterocycles. The van der Waals surface area contributed by atoms with E-state index in [1.165, 1.54) is 13.8 Å². The standard InChI is InChI=1S/C22H32N8O6.C20H31N5O5.C2H3N3O2/c1-13(2)19(29-18(32)11-26-30-24)21(34)28-17(5-4-10-25-22(23)35)20(33)27-16-8-6-15(7-9-16)12-36-14(3)31;1-12(2)17(21)19(28)25-16(5-4-10-23-20(22)29)18(27)24-15-8-6-14(7-9-15)11-30-13(3)26;3-5-4-1-2(6)7/h6-9,13,17,19H,4-5,10-12H2,1-3H3,(H,27,33)(H,28,34)(H,29,32)(H3,23,25,35);6-9,12,16-17H,4-5,10-11,21H2,1-3H3,(H,24,27)(H,25,28)(H3,22,23,29);1H2,(H,6,7)/t17-,19-;16-,17-;/m00./s1. The zero-order valence-electron chi connectivity index (χ0n) is 41.4. The lowest BCUT2D eigenvalue weighted by Crippen LogP contribution is -2.55. The van der Waals surface area contributed by atoms with Gasteiger partial charge < -0.3 is 69.0 Å². The van der Waals surface area contributed by atoms with Gasteiger partial charge in [-0.15, -0.1) is 0 Å². The minimum absolute atomic E-state index is 0.0880. The van der Waals surface area contributed by atoms with Gasteiger partial charge in [-0.25, -0.2) is 9.59 Å². The largest absolute Gasteiger partial charge is 0.481 e. The van der Waals surface area contributed by atoms with Crippen molar-refractivity contribution >= 4 is 70.9 Å². The average Bonchev–Trinajstić information content (AvgIpc) is 3.32. The van der Waals surface area contributed by atoms with Crippen LogP contribution in [0, 0.1) is 11.8 Å². The molecule has 9 amide bonds. The summed E-state index contributed by atoms with van der Waals surface area (Å²) in [5.74, 6) is -4.91. The molecule has 4 atom stereocenters. The number of nitrogens with two attached hydrogens (primary N) is 3. The molecule has 0 unspecified atom stereocenters. The minimum atomic E-state index is -1.11. The lowest BCUT2D eigenvalue weighted by Gasteiger charge is -2.25. The Balaban J connectivity index is 0.00000127. The predicted molar refractivity (Wildman–Crippen MR) is 264 cm³/mol. The molecule has 2 aromatic rings. The first-order valence-electron chi connectivity index (χ1n) is 22.4. The van der Waals surface area contributed by atoms with Crippen LogP contribution >= 0.6 is 0 Å². The normalized spacial score (nSPS) is 11.7. The highest BCUT2D eigenvalue weighted by atomic mass is 16.5. The van der Waals surface area contributed by atoms with Crippen molar-refractivity contribution in [3.05, 3.63) is 80.5 Å². The number of nitrogens with one attached hydrogen (secondary N) is 7. The molecule has 0 saturated heterocycles. The number of nitrogens with zero attached hydrogens (tertiary/aromatic N) is 6. The Hall–Kier alpha value is -8.68. The molecule has 0 saturated carbocycles. The maximum absolute atomic E-state index is 13.0. The summed E-state index contributed by atoms with van der Waals surface area (Å²) < 4.78 is 9.85. The number of rotatable bonds is 27. The number of carboxylic acid groups (broad SMARTS) is 1. The van der Waals surface area contributed by atoms with Crippen molar-refractivity contribution in [2.75, 3.05) is 36.8 Å². The molecular formula is C44H66N16O13. The maximum atomic E-state index is 13.0. The number of carboxylic acids is 1. The summed E-state index contributed by atoms with van der Waals surface area (Å²) in [6.45, 7) is 9.43. The van der Waals surface area contributed by atoms with Crippen LogP contribution in [-0.2, 0) is 61.0 Å². The second-order valence-corrected chi connectivity index (χ2v) is 16.2. The molecule has 400 valence electrons. The SMILES string of the molecule is CC(=O)OCc1ccc(NC(=O)[C@H](CCCNC(N)=O)NC(=O)[C@@H](N)C(C)C)cc1.CC(=O)OCc1ccc(NC(=O)[C@H](CCCNC(N)=O)NC(=O)[C@@H](NC(=O)CN=[N+]=[N-])C(C)C)cc1.[N-]=[N+]=NCC(=O)O. The van der Waals surface area contributed by atoms with E-state index in [-0.39, 0.29) is 57.0 Å². The Morgan fingerprint density at radius 2 is 1.00 bits per heavy atom. The molecule has 0 spiro atoms. The predicted octanol–water partition coefficient (Wildman–Crippen LogP) is 2.06. The first-order valence-corrected chi connectivity index (χ1v) is 22.4. The molecule has 0 radical (unpaired) electrons. The van der Waals surface area contributed by atoms with Gasteiger partial charge in [0, 0.05) is 48.1 Å². The Morgan fingerprint density at radius 3 is 1.33 bits per heavy atom. The van der Waals surface area contributed by atoms with Crippen LogP contribution < -0.4 is 54.4 Å². The highest BCUT2D eigenvalue weighted by molar-refractivity contribution is 5.99. The number of carbonyl (C=O) groups is 10. The molecule has 29 heteroatoms. The van der Waals surface area contributed by atoms with E-state index in [4.69, 9.17) is 42.8 Å². The third-order valence-corrected chi connectivity index (χ3v) is 9.36. The molecule has 73 heavy (non-hydrogen) atoms. The quantitative estimate of drug-likeness (QED) is 0.0201. The Bertz CT molecular complexity index is 2250. The smallest absolute Gasteiger partial charge is 0.312 e. The van der Waals surface area contributed by atoms with Crippen LogP contribution in [0.4, 0.5) is 21.0 Å². The van der Waals surface area contributed by atoms with Crippen molar-refractivity contribution in [1.29, 1.82) is 0 Å². The van der Waals surface area contributed by atoms with Gasteiger partial charge in [-0.1, -0.05) is 62.2 Å². The fourth-order valence-corrected chi connectivity index (χ4v) is 5.54.